The Morgan fingerprint density at radius 1 is 1.37 bits per heavy atom. The van der Waals surface area contributed by atoms with E-state index >= 15 is 0 Å². The van der Waals surface area contributed by atoms with Crippen LogP contribution in [0.4, 0.5) is 0 Å². The maximum Gasteiger partial charge on any atom is 0.127 e. The van der Waals surface area contributed by atoms with Crippen molar-refractivity contribution in [2.45, 2.75) is 39.2 Å². The zero-order valence-corrected chi connectivity index (χ0v) is 11.9. The van der Waals surface area contributed by atoms with Crippen LogP contribution >= 0.6 is 0 Å². The van der Waals surface area contributed by atoms with Gasteiger partial charge in [0, 0.05) is 11.6 Å². The zero-order chi connectivity index (χ0) is 13.5. The summed E-state index contributed by atoms with van der Waals surface area (Å²) >= 11 is 0. The lowest BCUT2D eigenvalue weighted by Crippen LogP contribution is -2.41. The van der Waals surface area contributed by atoms with E-state index in [9.17, 15) is 5.11 Å². The molecule has 2 aliphatic rings. The summed E-state index contributed by atoms with van der Waals surface area (Å²) in [6.07, 6.45) is 3.81. The highest BCUT2D eigenvalue weighted by Gasteiger charge is 2.35. The molecule has 0 bridgehead atoms. The number of phenolic OH excluding ortho intramolecular Hbond substituents is 1. The van der Waals surface area contributed by atoms with Crippen LogP contribution in [0, 0.1) is 5.41 Å². The lowest BCUT2D eigenvalue weighted by molar-refractivity contribution is 0.0709. The van der Waals surface area contributed by atoms with Gasteiger partial charge in [-0.25, -0.2) is 0 Å². The average Bonchev–Trinajstić information content (AvgIpc) is 2.82. The summed E-state index contributed by atoms with van der Waals surface area (Å²) in [7, 11) is 0. The van der Waals surface area contributed by atoms with E-state index in [1.165, 1.54) is 24.8 Å². The number of fused-ring (bicyclic) bond motifs is 1. The molecule has 0 radical (unpaired) electrons. The molecule has 0 saturated carbocycles. The van der Waals surface area contributed by atoms with Crippen molar-refractivity contribution >= 4 is 0 Å². The van der Waals surface area contributed by atoms with E-state index in [1.54, 1.807) is 12.1 Å². The molecule has 3 nitrogen and oxygen atoms in total. The van der Waals surface area contributed by atoms with Crippen LogP contribution in [0.15, 0.2) is 18.2 Å². The molecule has 2 heterocycles. The highest BCUT2D eigenvalue weighted by Crippen LogP contribution is 2.42. The standard InChI is InChI=1S/C16H23NO2/c1-3-16(2)6-8-17(9-7-16)14-11-19-15-10-12(18)4-5-13(14)15/h4-5,10,14,18H,3,6-9,11H2,1-2H3. The molecule has 1 N–H and O–H groups in total. The molecule has 3 rings (SSSR count). The summed E-state index contributed by atoms with van der Waals surface area (Å²) in [5.41, 5.74) is 1.76. The van der Waals surface area contributed by atoms with Crippen LogP contribution < -0.4 is 4.74 Å². The van der Waals surface area contributed by atoms with Gasteiger partial charge in [0.15, 0.2) is 0 Å². The normalized spacial score (nSPS) is 25.9. The van der Waals surface area contributed by atoms with Gasteiger partial charge in [0.2, 0.25) is 0 Å². The van der Waals surface area contributed by atoms with Crippen molar-refractivity contribution in [2.24, 2.45) is 5.41 Å². The van der Waals surface area contributed by atoms with Crippen LogP contribution in [0.3, 0.4) is 0 Å². The second kappa shape index (κ2) is 4.71. The minimum atomic E-state index is 0.289. The van der Waals surface area contributed by atoms with Gasteiger partial charge >= 0.3 is 0 Å². The van der Waals surface area contributed by atoms with Crippen molar-refractivity contribution in [1.82, 2.24) is 4.90 Å². The summed E-state index contributed by atoms with van der Waals surface area (Å²) in [5, 5.41) is 9.50. The molecular formula is C16H23NO2. The highest BCUT2D eigenvalue weighted by atomic mass is 16.5. The molecule has 1 unspecified atom stereocenters. The number of likely N-dealkylation sites (tertiary alicyclic amines) is 1. The van der Waals surface area contributed by atoms with Crippen LogP contribution in [0.5, 0.6) is 11.5 Å². The van der Waals surface area contributed by atoms with Gasteiger partial charge in [-0.1, -0.05) is 20.3 Å². The van der Waals surface area contributed by atoms with Crippen molar-refractivity contribution in [2.75, 3.05) is 19.7 Å². The first-order valence-corrected chi connectivity index (χ1v) is 7.31. The Kier molecular flexibility index (Phi) is 3.17. The maximum absolute atomic E-state index is 9.50. The second-order valence-electron chi connectivity index (χ2n) is 6.25. The number of aromatic hydroxyl groups is 1. The lowest BCUT2D eigenvalue weighted by Gasteiger charge is -2.41. The summed E-state index contributed by atoms with van der Waals surface area (Å²) in [5.74, 6) is 1.14. The van der Waals surface area contributed by atoms with Crippen LogP contribution in [-0.2, 0) is 0 Å². The number of hydrogen-bond donors (Lipinski definition) is 1. The van der Waals surface area contributed by atoms with Crippen molar-refractivity contribution in [3.05, 3.63) is 23.8 Å². The van der Waals surface area contributed by atoms with E-state index in [1.807, 2.05) is 6.07 Å². The fourth-order valence-electron chi connectivity index (χ4n) is 3.21. The lowest BCUT2D eigenvalue weighted by atomic mass is 9.78. The van der Waals surface area contributed by atoms with E-state index in [0.29, 0.717) is 11.5 Å². The Morgan fingerprint density at radius 2 is 2.11 bits per heavy atom. The first-order valence-electron chi connectivity index (χ1n) is 7.31. The second-order valence-corrected chi connectivity index (χ2v) is 6.25. The predicted molar refractivity (Wildman–Crippen MR) is 75.5 cm³/mol. The molecule has 0 spiro atoms. The number of piperidine rings is 1. The SMILES string of the molecule is CCC1(C)CCN(C2COc3cc(O)ccc32)CC1. The number of ether oxygens (including phenoxy) is 1. The Morgan fingerprint density at radius 3 is 2.79 bits per heavy atom. The third-order valence-electron chi connectivity index (χ3n) is 5.05. The van der Waals surface area contributed by atoms with E-state index in [0.717, 1.165) is 25.4 Å². The first-order chi connectivity index (χ1) is 9.11. The van der Waals surface area contributed by atoms with Crippen molar-refractivity contribution in [3.63, 3.8) is 0 Å². The largest absolute Gasteiger partial charge is 0.508 e. The molecule has 1 aromatic carbocycles. The van der Waals surface area contributed by atoms with E-state index in [4.69, 9.17) is 4.74 Å². The summed E-state index contributed by atoms with van der Waals surface area (Å²) in [6, 6.07) is 5.88. The van der Waals surface area contributed by atoms with Crippen LogP contribution in [0.2, 0.25) is 0 Å². The molecule has 3 heteroatoms. The van der Waals surface area contributed by atoms with Crippen molar-refractivity contribution in [3.8, 4) is 11.5 Å². The quantitative estimate of drug-likeness (QED) is 0.886. The van der Waals surface area contributed by atoms with E-state index in [2.05, 4.69) is 18.7 Å². The summed E-state index contributed by atoms with van der Waals surface area (Å²) < 4.78 is 5.72. The monoisotopic (exact) mass is 261 g/mol. The summed E-state index contributed by atoms with van der Waals surface area (Å²) in [4.78, 5) is 2.54. The third-order valence-corrected chi connectivity index (χ3v) is 5.05. The fourth-order valence-corrected chi connectivity index (χ4v) is 3.21. The average molecular weight is 261 g/mol. The van der Waals surface area contributed by atoms with E-state index in [-0.39, 0.29) is 5.75 Å². The number of benzene rings is 1. The van der Waals surface area contributed by atoms with Gasteiger partial charge in [0.1, 0.15) is 18.1 Å². The van der Waals surface area contributed by atoms with Crippen molar-refractivity contribution < 1.29 is 9.84 Å². The number of nitrogens with zero attached hydrogens (tertiary/aromatic N) is 1. The van der Waals surface area contributed by atoms with Gasteiger partial charge in [-0.2, -0.15) is 0 Å². The molecule has 0 amide bonds. The van der Waals surface area contributed by atoms with Gasteiger partial charge in [0.25, 0.3) is 0 Å². The summed E-state index contributed by atoms with van der Waals surface area (Å²) in [6.45, 7) is 7.73. The smallest absolute Gasteiger partial charge is 0.127 e. The van der Waals surface area contributed by atoms with Gasteiger partial charge in [0.05, 0.1) is 6.04 Å². The Labute approximate surface area is 115 Å². The highest BCUT2D eigenvalue weighted by molar-refractivity contribution is 5.44. The fraction of sp³-hybridized carbons (Fsp3) is 0.625. The molecular weight excluding hydrogens is 238 g/mol. The zero-order valence-electron chi connectivity index (χ0n) is 11.9. The van der Waals surface area contributed by atoms with Crippen LogP contribution in [0.1, 0.15) is 44.7 Å². The van der Waals surface area contributed by atoms with Crippen LogP contribution in [0.25, 0.3) is 0 Å². The Hall–Kier alpha value is -1.22. The Balaban J connectivity index is 1.73. The van der Waals surface area contributed by atoms with Gasteiger partial charge < -0.3 is 9.84 Å². The van der Waals surface area contributed by atoms with E-state index < -0.39 is 0 Å². The minimum absolute atomic E-state index is 0.289. The Bertz CT molecular complexity index is 464. The minimum Gasteiger partial charge on any atom is -0.508 e. The predicted octanol–water partition coefficient (Wildman–Crippen LogP) is 3.34. The molecule has 1 saturated heterocycles. The molecule has 1 aromatic rings. The van der Waals surface area contributed by atoms with Crippen molar-refractivity contribution in [1.29, 1.82) is 0 Å². The van der Waals surface area contributed by atoms with Crippen LogP contribution in [-0.4, -0.2) is 29.7 Å². The van der Waals surface area contributed by atoms with Gasteiger partial charge in [-0.05, 0) is 43.5 Å². The van der Waals surface area contributed by atoms with Gasteiger partial charge in [-0.15, -0.1) is 0 Å². The third kappa shape index (κ3) is 2.32. The molecule has 2 aliphatic heterocycles. The molecule has 0 aliphatic carbocycles. The maximum atomic E-state index is 9.50. The molecule has 104 valence electrons. The van der Waals surface area contributed by atoms with Gasteiger partial charge in [-0.3, -0.25) is 4.90 Å². The first kappa shape index (κ1) is 12.8. The molecule has 0 aromatic heterocycles. The number of hydrogen-bond acceptors (Lipinski definition) is 3. The number of phenols is 1. The molecule has 1 atom stereocenters. The topological polar surface area (TPSA) is 32.7 Å². The number of rotatable bonds is 2. The molecule has 19 heavy (non-hydrogen) atoms. The molecule has 1 fully saturated rings.